The SMILES string of the molecule is CCCCCC1(C=O)CCCC1. The average Bonchev–Trinajstić information content (AvgIpc) is 2.55. The van der Waals surface area contributed by atoms with Crippen LogP contribution < -0.4 is 0 Å². The zero-order chi connectivity index (χ0) is 8.86. The third-order valence-corrected chi connectivity index (χ3v) is 3.13. The summed E-state index contributed by atoms with van der Waals surface area (Å²) in [6, 6.07) is 0. The predicted octanol–water partition coefficient (Wildman–Crippen LogP) is 3.33. The summed E-state index contributed by atoms with van der Waals surface area (Å²) < 4.78 is 0. The van der Waals surface area contributed by atoms with Gasteiger partial charge in [0.05, 0.1) is 0 Å². The molecular weight excluding hydrogens is 148 g/mol. The van der Waals surface area contributed by atoms with Gasteiger partial charge in [-0.15, -0.1) is 0 Å². The summed E-state index contributed by atoms with van der Waals surface area (Å²) in [6.07, 6.45) is 11.0. The van der Waals surface area contributed by atoms with Crippen LogP contribution in [-0.2, 0) is 4.79 Å². The van der Waals surface area contributed by atoms with Crippen molar-refractivity contribution < 1.29 is 4.79 Å². The van der Waals surface area contributed by atoms with E-state index in [1.165, 1.54) is 38.4 Å². The van der Waals surface area contributed by atoms with Crippen molar-refractivity contribution in [1.82, 2.24) is 0 Å². The van der Waals surface area contributed by atoms with Crippen LogP contribution in [0.2, 0.25) is 0 Å². The Balaban J connectivity index is 2.29. The van der Waals surface area contributed by atoms with E-state index < -0.39 is 0 Å². The zero-order valence-corrected chi connectivity index (χ0v) is 8.14. The molecular formula is C11H20O. The maximum Gasteiger partial charge on any atom is 0.126 e. The van der Waals surface area contributed by atoms with Gasteiger partial charge in [0.25, 0.3) is 0 Å². The molecule has 0 atom stereocenters. The van der Waals surface area contributed by atoms with E-state index in [0.29, 0.717) is 0 Å². The van der Waals surface area contributed by atoms with Crippen molar-refractivity contribution in [1.29, 1.82) is 0 Å². The van der Waals surface area contributed by atoms with Gasteiger partial charge in [0.2, 0.25) is 0 Å². The first-order chi connectivity index (χ1) is 5.83. The molecule has 0 aliphatic heterocycles. The van der Waals surface area contributed by atoms with Gasteiger partial charge in [0.1, 0.15) is 6.29 Å². The van der Waals surface area contributed by atoms with Crippen LogP contribution in [0.5, 0.6) is 0 Å². The molecule has 1 aliphatic rings. The molecule has 0 aromatic carbocycles. The van der Waals surface area contributed by atoms with Crippen molar-refractivity contribution in [3.63, 3.8) is 0 Å². The van der Waals surface area contributed by atoms with Gasteiger partial charge in [-0.05, 0) is 19.3 Å². The van der Waals surface area contributed by atoms with Crippen molar-refractivity contribution in [2.75, 3.05) is 0 Å². The fourth-order valence-electron chi connectivity index (χ4n) is 2.23. The average molecular weight is 168 g/mol. The summed E-state index contributed by atoms with van der Waals surface area (Å²) in [4.78, 5) is 10.9. The second-order valence-corrected chi connectivity index (χ2v) is 4.14. The molecule has 1 saturated carbocycles. The van der Waals surface area contributed by atoms with E-state index in [-0.39, 0.29) is 5.41 Å². The van der Waals surface area contributed by atoms with Crippen molar-refractivity contribution in [3.05, 3.63) is 0 Å². The number of unbranched alkanes of at least 4 members (excludes halogenated alkanes) is 2. The Kier molecular flexibility index (Phi) is 3.77. The van der Waals surface area contributed by atoms with Crippen LogP contribution in [0.1, 0.15) is 58.3 Å². The molecule has 0 heterocycles. The molecule has 0 aromatic rings. The number of carbonyl (C=O) groups is 1. The van der Waals surface area contributed by atoms with Gasteiger partial charge in [0.15, 0.2) is 0 Å². The van der Waals surface area contributed by atoms with Crippen molar-refractivity contribution in [2.45, 2.75) is 58.3 Å². The van der Waals surface area contributed by atoms with Gasteiger partial charge in [-0.25, -0.2) is 0 Å². The number of aldehydes is 1. The molecule has 1 heteroatoms. The van der Waals surface area contributed by atoms with Crippen LogP contribution in [0.25, 0.3) is 0 Å². The van der Waals surface area contributed by atoms with Gasteiger partial charge >= 0.3 is 0 Å². The van der Waals surface area contributed by atoms with Crippen LogP contribution >= 0.6 is 0 Å². The molecule has 1 aliphatic carbocycles. The lowest BCUT2D eigenvalue weighted by atomic mass is 9.82. The van der Waals surface area contributed by atoms with E-state index in [9.17, 15) is 4.79 Å². The monoisotopic (exact) mass is 168 g/mol. The smallest absolute Gasteiger partial charge is 0.126 e. The standard InChI is InChI=1S/C11H20O/c1-2-3-4-7-11(10-12)8-5-6-9-11/h10H,2-9H2,1H3. The first kappa shape index (κ1) is 9.76. The molecule has 0 aromatic heterocycles. The van der Waals surface area contributed by atoms with Crippen molar-refractivity contribution >= 4 is 6.29 Å². The summed E-state index contributed by atoms with van der Waals surface area (Å²) in [7, 11) is 0. The zero-order valence-electron chi connectivity index (χ0n) is 8.14. The van der Waals surface area contributed by atoms with Gasteiger partial charge in [-0.1, -0.05) is 39.0 Å². The summed E-state index contributed by atoms with van der Waals surface area (Å²) in [5.74, 6) is 0. The Labute approximate surface area is 75.5 Å². The van der Waals surface area contributed by atoms with Crippen LogP contribution in [0, 0.1) is 5.41 Å². The second-order valence-electron chi connectivity index (χ2n) is 4.14. The number of hydrogen-bond donors (Lipinski definition) is 0. The number of rotatable bonds is 5. The third kappa shape index (κ3) is 2.33. The van der Waals surface area contributed by atoms with Crippen LogP contribution in [0.4, 0.5) is 0 Å². The third-order valence-electron chi connectivity index (χ3n) is 3.13. The molecule has 0 amide bonds. The highest BCUT2D eigenvalue weighted by molar-refractivity contribution is 5.59. The quantitative estimate of drug-likeness (QED) is 0.454. The highest BCUT2D eigenvalue weighted by Gasteiger charge is 2.32. The maximum absolute atomic E-state index is 10.9. The van der Waals surface area contributed by atoms with Crippen molar-refractivity contribution in [2.24, 2.45) is 5.41 Å². The normalized spacial score (nSPS) is 21.1. The molecule has 0 spiro atoms. The van der Waals surface area contributed by atoms with Crippen LogP contribution in [-0.4, -0.2) is 6.29 Å². The van der Waals surface area contributed by atoms with E-state index in [1.807, 2.05) is 0 Å². The molecule has 0 N–H and O–H groups in total. The number of carbonyl (C=O) groups excluding carboxylic acids is 1. The molecule has 1 nitrogen and oxygen atoms in total. The largest absolute Gasteiger partial charge is 0.303 e. The second kappa shape index (κ2) is 4.64. The fraction of sp³-hybridized carbons (Fsp3) is 0.909. The Hall–Kier alpha value is -0.330. The molecule has 0 saturated heterocycles. The lowest BCUT2D eigenvalue weighted by Gasteiger charge is -2.20. The van der Waals surface area contributed by atoms with Gasteiger partial charge in [-0.2, -0.15) is 0 Å². The predicted molar refractivity (Wildman–Crippen MR) is 51.1 cm³/mol. The van der Waals surface area contributed by atoms with Crippen LogP contribution in [0.15, 0.2) is 0 Å². The summed E-state index contributed by atoms with van der Waals surface area (Å²) >= 11 is 0. The Bertz CT molecular complexity index is 134. The molecule has 12 heavy (non-hydrogen) atoms. The maximum atomic E-state index is 10.9. The molecule has 1 rings (SSSR count). The molecule has 1 fully saturated rings. The summed E-state index contributed by atoms with van der Waals surface area (Å²) in [5.41, 5.74) is 0.106. The van der Waals surface area contributed by atoms with Crippen molar-refractivity contribution in [3.8, 4) is 0 Å². The van der Waals surface area contributed by atoms with E-state index in [0.717, 1.165) is 19.3 Å². The molecule has 0 radical (unpaired) electrons. The Morgan fingerprint density at radius 3 is 2.42 bits per heavy atom. The molecule has 0 unspecified atom stereocenters. The Morgan fingerprint density at radius 2 is 1.92 bits per heavy atom. The highest BCUT2D eigenvalue weighted by Crippen LogP contribution is 2.40. The van der Waals surface area contributed by atoms with E-state index >= 15 is 0 Å². The minimum Gasteiger partial charge on any atom is -0.303 e. The lowest BCUT2D eigenvalue weighted by molar-refractivity contribution is -0.116. The fourth-order valence-corrected chi connectivity index (χ4v) is 2.23. The van der Waals surface area contributed by atoms with Crippen LogP contribution in [0.3, 0.4) is 0 Å². The Morgan fingerprint density at radius 1 is 1.25 bits per heavy atom. The summed E-state index contributed by atoms with van der Waals surface area (Å²) in [5, 5.41) is 0. The first-order valence-electron chi connectivity index (χ1n) is 5.29. The van der Waals surface area contributed by atoms with E-state index in [4.69, 9.17) is 0 Å². The molecule has 70 valence electrons. The molecule has 0 bridgehead atoms. The van der Waals surface area contributed by atoms with Gasteiger partial charge in [0, 0.05) is 5.41 Å². The summed E-state index contributed by atoms with van der Waals surface area (Å²) in [6.45, 7) is 2.21. The van der Waals surface area contributed by atoms with E-state index in [2.05, 4.69) is 6.92 Å². The van der Waals surface area contributed by atoms with Gasteiger partial charge in [-0.3, -0.25) is 0 Å². The minimum absolute atomic E-state index is 0.106. The topological polar surface area (TPSA) is 17.1 Å². The van der Waals surface area contributed by atoms with Gasteiger partial charge < -0.3 is 4.79 Å². The minimum atomic E-state index is 0.106. The lowest BCUT2D eigenvalue weighted by Crippen LogP contribution is -2.17. The first-order valence-corrected chi connectivity index (χ1v) is 5.29. The number of hydrogen-bond acceptors (Lipinski definition) is 1. The highest BCUT2D eigenvalue weighted by atomic mass is 16.1. The van der Waals surface area contributed by atoms with E-state index in [1.54, 1.807) is 0 Å².